The molecular weight excluding hydrogens is 899 g/mol. The number of phenolic OH excluding ortho intramolecular Hbond substituents is 2. The normalized spacial score (nSPS) is 11.4. The van der Waals surface area contributed by atoms with Crippen LogP contribution in [0.25, 0.3) is 0 Å². The van der Waals surface area contributed by atoms with Crippen LogP contribution in [0.1, 0.15) is 63.8 Å². The van der Waals surface area contributed by atoms with Gasteiger partial charge in [0.05, 0.1) is 14.2 Å². The number of nitrogens with zero attached hydrogens (tertiary/aromatic N) is 2. The summed E-state index contributed by atoms with van der Waals surface area (Å²) in [6.45, 7) is 16.9. The molecule has 4 rings (SSSR count). The van der Waals surface area contributed by atoms with Crippen LogP contribution in [0, 0.1) is 46.5 Å². The summed E-state index contributed by atoms with van der Waals surface area (Å²) in [6, 6.07) is 5.97. The standard InChI is InChI=1S/2C21H21F4NO3.2ClH.Ti/c2*1-6-7-29-20-16(24)14(22)18(15(23)17(20)25)26-10-11-8-12(28-5)9-13(19(11)27)21(2,3)4;;;/h2*6,8-10,27H,1,7H2,2-5H3;2*1H;/q;;;;+2/p-2. The Kier molecular flexibility index (Phi) is 19.7. The molecule has 4 aromatic carbocycles. The van der Waals surface area contributed by atoms with E-state index in [0.29, 0.717) is 22.6 Å². The summed E-state index contributed by atoms with van der Waals surface area (Å²) in [5, 5.41) is 21.0. The third kappa shape index (κ3) is 13.1. The zero-order chi connectivity index (χ0) is 46.6. The number of hydrogen-bond acceptors (Lipinski definition) is 8. The van der Waals surface area contributed by atoms with Crippen LogP contribution in [-0.4, -0.2) is 50.1 Å². The average Bonchev–Trinajstić information content (AvgIpc) is 3.20. The van der Waals surface area contributed by atoms with Gasteiger partial charge in [-0.15, -0.1) is 0 Å². The summed E-state index contributed by atoms with van der Waals surface area (Å²) in [5.74, 6) is -15.8. The molecule has 0 aliphatic heterocycles. The van der Waals surface area contributed by atoms with Crippen LogP contribution in [0.15, 0.2) is 59.6 Å². The van der Waals surface area contributed by atoms with Crippen molar-refractivity contribution in [2.45, 2.75) is 52.4 Å². The molecule has 0 unspecified atom stereocenters. The van der Waals surface area contributed by atoms with Gasteiger partial charge in [-0.2, -0.15) is 17.6 Å². The number of phenols is 2. The fourth-order valence-corrected chi connectivity index (χ4v) is 5.07. The number of aromatic hydroxyl groups is 2. The molecule has 0 aromatic heterocycles. The summed E-state index contributed by atoms with van der Waals surface area (Å²) >= 11 is -0.556. The second kappa shape index (κ2) is 22.9. The second-order valence-corrected chi connectivity index (χ2v) is 17.0. The molecule has 0 radical (unpaired) electrons. The molecule has 330 valence electrons. The first-order valence-electron chi connectivity index (χ1n) is 17.5. The monoisotopic (exact) mass is 940 g/mol. The minimum absolute atomic E-state index is 0.0564. The summed E-state index contributed by atoms with van der Waals surface area (Å²) in [6.07, 6.45) is 4.13. The number of rotatable bonds is 12. The van der Waals surface area contributed by atoms with Gasteiger partial charge in [-0.1, -0.05) is 66.9 Å². The molecule has 2 N–H and O–H groups in total. The average molecular weight is 942 g/mol. The second-order valence-electron chi connectivity index (χ2n) is 14.4. The van der Waals surface area contributed by atoms with Crippen LogP contribution in [0.2, 0.25) is 0 Å². The van der Waals surface area contributed by atoms with E-state index in [1.165, 1.54) is 38.5 Å². The number of ether oxygens (including phenoxy) is 4. The number of aliphatic imine (C=N–C) groups is 2. The zero-order valence-electron chi connectivity index (χ0n) is 34.1. The van der Waals surface area contributed by atoms with Gasteiger partial charge in [-0.05, 0) is 35.1 Å². The van der Waals surface area contributed by atoms with Gasteiger partial charge in [0.25, 0.3) is 0 Å². The van der Waals surface area contributed by atoms with Crippen molar-refractivity contribution in [2.75, 3.05) is 27.4 Å². The van der Waals surface area contributed by atoms with Crippen LogP contribution >= 0.6 is 18.6 Å². The van der Waals surface area contributed by atoms with E-state index in [1.807, 2.05) is 41.5 Å². The van der Waals surface area contributed by atoms with Gasteiger partial charge in [0.1, 0.15) is 47.6 Å². The summed E-state index contributed by atoms with van der Waals surface area (Å²) < 4.78 is 133. The molecule has 8 nitrogen and oxygen atoms in total. The third-order valence-corrected chi connectivity index (χ3v) is 8.07. The molecule has 61 heavy (non-hydrogen) atoms. The Morgan fingerprint density at radius 3 is 1.08 bits per heavy atom. The van der Waals surface area contributed by atoms with Crippen LogP contribution in [-0.2, 0) is 27.9 Å². The van der Waals surface area contributed by atoms with Gasteiger partial charge in [-0.25, -0.2) is 27.5 Å². The fourth-order valence-electron chi connectivity index (χ4n) is 5.07. The predicted molar refractivity (Wildman–Crippen MR) is 217 cm³/mol. The number of halogens is 10. The summed E-state index contributed by atoms with van der Waals surface area (Å²) in [5.41, 5.74) is -2.26. The van der Waals surface area contributed by atoms with E-state index in [9.17, 15) is 45.3 Å². The van der Waals surface area contributed by atoms with Crippen LogP contribution < -0.4 is 18.9 Å². The van der Waals surface area contributed by atoms with Crippen molar-refractivity contribution in [1.82, 2.24) is 0 Å². The SMILES string of the molecule is C=CCOc1c(F)c(F)c(N=Cc2cc(OC)cc(C(C)(C)C)c2O)c(F)c1F.C=CCOc1c(F)c(F)c(N=Cc2cc(OC)cc(C(C)(C)C)c2O)c(F)c1F.[Cl][Ti][Cl]. The van der Waals surface area contributed by atoms with E-state index in [-0.39, 0.29) is 35.8 Å². The minimum atomic E-state index is -1.72. The van der Waals surface area contributed by atoms with E-state index in [2.05, 4.69) is 32.6 Å². The molecule has 0 saturated carbocycles. The Labute approximate surface area is 364 Å². The van der Waals surface area contributed by atoms with E-state index in [4.69, 9.17) is 28.1 Å². The zero-order valence-corrected chi connectivity index (χ0v) is 37.2. The molecule has 0 saturated heterocycles. The van der Waals surface area contributed by atoms with Crippen molar-refractivity contribution in [1.29, 1.82) is 0 Å². The van der Waals surface area contributed by atoms with Gasteiger partial charge in [-0.3, -0.25) is 0 Å². The molecule has 0 aliphatic rings. The molecule has 0 bridgehead atoms. The number of benzene rings is 4. The van der Waals surface area contributed by atoms with Gasteiger partial charge in [0.2, 0.25) is 23.3 Å². The Hall–Kier alpha value is -4.77. The molecule has 4 aromatic rings. The van der Waals surface area contributed by atoms with Gasteiger partial charge in [0, 0.05) is 34.7 Å². The quantitative estimate of drug-likeness (QED) is 0.0482. The van der Waals surface area contributed by atoms with Gasteiger partial charge < -0.3 is 29.2 Å². The van der Waals surface area contributed by atoms with Crippen molar-refractivity contribution in [2.24, 2.45) is 9.98 Å². The van der Waals surface area contributed by atoms with Crippen LogP contribution in [0.3, 0.4) is 0 Å². The summed E-state index contributed by atoms with van der Waals surface area (Å²) in [7, 11) is 12.6. The Balaban J connectivity index is 0.000000395. The molecule has 0 atom stereocenters. The van der Waals surface area contributed by atoms with Crippen molar-refractivity contribution in [3.05, 3.63) is 118 Å². The van der Waals surface area contributed by atoms with Gasteiger partial charge in [0.15, 0.2) is 34.8 Å². The topological polar surface area (TPSA) is 102 Å². The summed E-state index contributed by atoms with van der Waals surface area (Å²) in [4.78, 5) is 7.06. The number of methoxy groups -OCH3 is 2. The van der Waals surface area contributed by atoms with Crippen LogP contribution in [0.4, 0.5) is 46.5 Å². The van der Waals surface area contributed by atoms with Crippen molar-refractivity contribution in [3.63, 3.8) is 0 Å². The first-order chi connectivity index (χ1) is 28.5. The molecule has 0 fully saturated rings. The Bertz CT molecular complexity index is 2070. The third-order valence-electron chi connectivity index (χ3n) is 8.07. The first-order valence-corrected chi connectivity index (χ1v) is 21.8. The van der Waals surface area contributed by atoms with E-state index in [1.54, 1.807) is 12.1 Å². The fraction of sp³-hybridized carbons (Fsp3) is 0.286. The molecule has 0 amide bonds. The Morgan fingerprint density at radius 2 is 0.852 bits per heavy atom. The van der Waals surface area contributed by atoms with E-state index < -0.39 is 97.3 Å². The molecule has 0 spiro atoms. The predicted octanol–water partition coefficient (Wildman–Crippen LogP) is 12.5. The molecule has 0 heterocycles. The van der Waals surface area contributed by atoms with Crippen molar-refractivity contribution >= 4 is 42.4 Å². The van der Waals surface area contributed by atoms with Crippen molar-refractivity contribution < 1.29 is 81.3 Å². The molecular formula is C42H42Cl2F8N2O6Ti. The number of hydrogen-bond donors (Lipinski definition) is 2. The van der Waals surface area contributed by atoms with Crippen LogP contribution in [0.5, 0.6) is 34.5 Å². The van der Waals surface area contributed by atoms with E-state index >= 15 is 0 Å². The van der Waals surface area contributed by atoms with E-state index in [0.717, 1.165) is 12.4 Å². The maximum atomic E-state index is 14.3. The maximum absolute atomic E-state index is 14.3. The first kappa shape index (κ1) is 52.4. The molecule has 19 heteroatoms. The Morgan fingerprint density at radius 1 is 0.574 bits per heavy atom. The molecule has 0 aliphatic carbocycles. The van der Waals surface area contributed by atoms with Crippen molar-refractivity contribution in [3.8, 4) is 34.5 Å². The van der Waals surface area contributed by atoms with Gasteiger partial charge >= 0.3 is 35.6 Å².